The van der Waals surface area contributed by atoms with Gasteiger partial charge in [-0.3, -0.25) is 4.79 Å². The molecule has 0 atom stereocenters. The Hall–Kier alpha value is -1.66. The average molecular weight is 337 g/mol. The molecule has 4 nitrogen and oxygen atoms in total. The van der Waals surface area contributed by atoms with Crippen molar-refractivity contribution in [2.45, 2.75) is 26.1 Å². The lowest BCUT2D eigenvalue weighted by molar-refractivity contribution is -0.118. The van der Waals surface area contributed by atoms with Crippen molar-refractivity contribution in [3.63, 3.8) is 0 Å². The number of amides is 1. The first-order valence-electron chi connectivity index (χ1n) is 6.91. The van der Waals surface area contributed by atoms with E-state index in [4.69, 9.17) is 0 Å². The van der Waals surface area contributed by atoms with Gasteiger partial charge in [-0.15, -0.1) is 11.3 Å². The van der Waals surface area contributed by atoms with E-state index in [2.05, 4.69) is 5.32 Å². The van der Waals surface area contributed by atoms with Crippen LogP contribution >= 0.6 is 11.3 Å². The molecule has 0 fully saturated rings. The van der Waals surface area contributed by atoms with Gasteiger partial charge in [0.25, 0.3) is 0 Å². The maximum Gasteiger partial charge on any atom is 0.235 e. The van der Waals surface area contributed by atoms with E-state index in [1.54, 1.807) is 0 Å². The number of hydrogen-bond acceptors (Lipinski definition) is 4. The van der Waals surface area contributed by atoms with Crippen LogP contribution in [0.5, 0.6) is 0 Å². The van der Waals surface area contributed by atoms with Crippen LogP contribution in [0.2, 0.25) is 0 Å². The fraction of sp³-hybridized carbons (Fsp3) is 0.312. The molecule has 0 aliphatic heterocycles. The van der Waals surface area contributed by atoms with E-state index in [0.29, 0.717) is 6.54 Å². The molecule has 0 aliphatic rings. The fourth-order valence-electron chi connectivity index (χ4n) is 2.09. The molecular formula is C16H19NO3S2. The van der Waals surface area contributed by atoms with E-state index in [0.717, 1.165) is 21.6 Å². The zero-order valence-electron chi connectivity index (χ0n) is 12.6. The van der Waals surface area contributed by atoms with Gasteiger partial charge in [0.05, 0.1) is 12.3 Å². The molecule has 2 aromatic rings. The molecule has 0 saturated carbocycles. The molecule has 0 saturated heterocycles. The summed E-state index contributed by atoms with van der Waals surface area (Å²) in [6.45, 7) is 4.17. The maximum absolute atomic E-state index is 12.2. The average Bonchev–Trinajstić information content (AvgIpc) is 2.93. The Morgan fingerprint density at radius 1 is 1.23 bits per heavy atom. The maximum atomic E-state index is 12.2. The Kier molecular flexibility index (Phi) is 5.37. The van der Waals surface area contributed by atoms with Crippen LogP contribution in [0.4, 0.5) is 0 Å². The molecule has 1 amide bonds. The van der Waals surface area contributed by atoms with E-state index in [1.165, 1.54) is 11.3 Å². The third-order valence-electron chi connectivity index (χ3n) is 3.27. The Labute approximate surface area is 135 Å². The molecule has 1 aromatic carbocycles. The summed E-state index contributed by atoms with van der Waals surface area (Å²) in [4.78, 5) is 12.8. The fourth-order valence-corrected chi connectivity index (χ4v) is 4.13. The van der Waals surface area contributed by atoms with Crippen LogP contribution in [0.15, 0.2) is 35.7 Å². The number of sulfone groups is 1. The third-order valence-corrected chi connectivity index (χ3v) is 5.60. The first-order chi connectivity index (χ1) is 10.4. The quantitative estimate of drug-likeness (QED) is 0.881. The monoisotopic (exact) mass is 337 g/mol. The molecule has 0 spiro atoms. The predicted octanol–water partition coefficient (Wildman–Crippen LogP) is 2.60. The first kappa shape index (κ1) is 16.7. The van der Waals surface area contributed by atoms with Gasteiger partial charge in [0.2, 0.25) is 5.91 Å². The Balaban J connectivity index is 1.95. The SMILES string of the molecule is Cc1ccc(C)c(CS(=O)(=O)CC(=O)NCc2cccs2)c1. The van der Waals surface area contributed by atoms with Crippen LogP contribution in [0.3, 0.4) is 0 Å². The number of carbonyl (C=O) groups is 1. The van der Waals surface area contributed by atoms with Crippen LogP contribution in [0.25, 0.3) is 0 Å². The zero-order chi connectivity index (χ0) is 16.2. The summed E-state index contributed by atoms with van der Waals surface area (Å²) in [7, 11) is -3.47. The van der Waals surface area contributed by atoms with Crippen molar-refractivity contribution in [3.8, 4) is 0 Å². The number of nitrogens with one attached hydrogen (secondary N) is 1. The van der Waals surface area contributed by atoms with E-state index in [1.807, 2.05) is 49.6 Å². The van der Waals surface area contributed by atoms with Crippen LogP contribution in [0.1, 0.15) is 21.6 Å². The van der Waals surface area contributed by atoms with Gasteiger partial charge in [-0.25, -0.2) is 8.42 Å². The van der Waals surface area contributed by atoms with E-state index in [-0.39, 0.29) is 5.75 Å². The third kappa shape index (κ3) is 4.96. The minimum atomic E-state index is -3.47. The molecule has 2 rings (SSSR count). The second-order valence-electron chi connectivity index (χ2n) is 5.32. The van der Waals surface area contributed by atoms with E-state index >= 15 is 0 Å². The summed E-state index contributed by atoms with van der Waals surface area (Å²) in [6, 6.07) is 9.49. The normalized spacial score (nSPS) is 11.4. The van der Waals surface area contributed by atoms with Crippen LogP contribution in [-0.4, -0.2) is 20.1 Å². The Morgan fingerprint density at radius 2 is 2.00 bits per heavy atom. The second-order valence-corrected chi connectivity index (χ2v) is 8.42. The summed E-state index contributed by atoms with van der Waals surface area (Å²) in [5, 5.41) is 4.56. The number of benzene rings is 1. The summed E-state index contributed by atoms with van der Waals surface area (Å²) in [5.74, 6) is -1.04. The van der Waals surface area contributed by atoms with Crippen molar-refractivity contribution in [2.24, 2.45) is 0 Å². The summed E-state index contributed by atoms with van der Waals surface area (Å²) in [5.41, 5.74) is 2.69. The smallest absolute Gasteiger partial charge is 0.235 e. The van der Waals surface area contributed by atoms with Gasteiger partial charge in [-0.05, 0) is 36.4 Å². The van der Waals surface area contributed by atoms with E-state index in [9.17, 15) is 13.2 Å². The standard InChI is InChI=1S/C16H19NO3S2/c1-12-5-6-13(2)14(8-12)10-22(19,20)11-16(18)17-9-15-4-3-7-21-15/h3-8H,9-11H2,1-2H3,(H,17,18). The molecule has 0 unspecified atom stereocenters. The molecule has 0 bridgehead atoms. The van der Waals surface area contributed by atoms with E-state index < -0.39 is 21.5 Å². The molecule has 1 heterocycles. The molecule has 1 N–H and O–H groups in total. The topological polar surface area (TPSA) is 63.2 Å². The van der Waals surface area contributed by atoms with Crippen molar-refractivity contribution < 1.29 is 13.2 Å². The number of rotatable bonds is 6. The highest BCUT2D eigenvalue weighted by Crippen LogP contribution is 2.14. The predicted molar refractivity (Wildman–Crippen MR) is 89.6 cm³/mol. The van der Waals surface area contributed by atoms with Crippen LogP contribution in [-0.2, 0) is 26.9 Å². The van der Waals surface area contributed by atoms with Gasteiger partial charge in [-0.1, -0.05) is 29.8 Å². The molecular weight excluding hydrogens is 318 g/mol. The lowest BCUT2D eigenvalue weighted by Gasteiger charge is -2.09. The van der Waals surface area contributed by atoms with Crippen LogP contribution < -0.4 is 5.32 Å². The largest absolute Gasteiger partial charge is 0.350 e. The molecule has 22 heavy (non-hydrogen) atoms. The van der Waals surface area contributed by atoms with Crippen molar-refractivity contribution in [3.05, 3.63) is 57.3 Å². The Bertz CT molecular complexity index is 750. The first-order valence-corrected chi connectivity index (χ1v) is 9.61. The minimum absolute atomic E-state index is 0.104. The lowest BCUT2D eigenvalue weighted by Crippen LogP contribution is -2.30. The number of thiophene rings is 1. The summed E-state index contributed by atoms with van der Waals surface area (Å²) < 4.78 is 24.4. The van der Waals surface area contributed by atoms with Crippen LogP contribution in [0, 0.1) is 13.8 Å². The van der Waals surface area contributed by atoms with Crippen molar-refractivity contribution in [2.75, 3.05) is 5.75 Å². The van der Waals surface area contributed by atoms with Crippen molar-refractivity contribution >= 4 is 27.1 Å². The second kappa shape index (κ2) is 7.07. The molecule has 1 aromatic heterocycles. The van der Waals surface area contributed by atoms with Gasteiger partial charge in [-0.2, -0.15) is 0 Å². The van der Waals surface area contributed by atoms with Crippen molar-refractivity contribution in [1.29, 1.82) is 0 Å². The number of carbonyl (C=O) groups excluding carboxylic acids is 1. The van der Waals surface area contributed by atoms with Crippen molar-refractivity contribution in [1.82, 2.24) is 5.32 Å². The number of hydrogen-bond donors (Lipinski definition) is 1. The molecule has 6 heteroatoms. The summed E-state index contributed by atoms with van der Waals surface area (Å²) in [6.07, 6.45) is 0. The minimum Gasteiger partial charge on any atom is -0.350 e. The van der Waals surface area contributed by atoms with Gasteiger partial charge >= 0.3 is 0 Å². The Morgan fingerprint density at radius 3 is 2.68 bits per heavy atom. The molecule has 118 valence electrons. The van der Waals surface area contributed by atoms with Gasteiger partial charge in [0.15, 0.2) is 9.84 Å². The highest BCUT2D eigenvalue weighted by atomic mass is 32.2. The zero-order valence-corrected chi connectivity index (χ0v) is 14.3. The highest BCUT2D eigenvalue weighted by molar-refractivity contribution is 7.91. The lowest BCUT2D eigenvalue weighted by atomic mass is 10.1. The summed E-state index contributed by atoms with van der Waals surface area (Å²) >= 11 is 1.52. The highest BCUT2D eigenvalue weighted by Gasteiger charge is 2.18. The van der Waals surface area contributed by atoms with Gasteiger partial charge < -0.3 is 5.32 Å². The number of aryl methyl sites for hydroxylation is 2. The molecule has 0 aliphatic carbocycles. The van der Waals surface area contributed by atoms with Gasteiger partial charge in [0, 0.05) is 4.88 Å². The molecule has 0 radical (unpaired) electrons. The van der Waals surface area contributed by atoms with Gasteiger partial charge in [0.1, 0.15) is 5.75 Å².